The van der Waals surface area contributed by atoms with Crippen molar-refractivity contribution >= 4 is 30.2 Å². The van der Waals surface area contributed by atoms with E-state index in [1.54, 1.807) is 10.7 Å². The molecule has 3 aliphatic rings. The van der Waals surface area contributed by atoms with Gasteiger partial charge in [0.2, 0.25) is 5.91 Å². The van der Waals surface area contributed by atoms with E-state index in [4.69, 9.17) is 24.5 Å². The Morgan fingerprint density at radius 2 is 1.97 bits per heavy atom. The molecule has 5 rings (SSSR count). The summed E-state index contributed by atoms with van der Waals surface area (Å²) in [6, 6.07) is -0.0907. The summed E-state index contributed by atoms with van der Waals surface area (Å²) in [6.07, 6.45) is 3.13. The van der Waals surface area contributed by atoms with E-state index < -0.39 is 29.2 Å². The molecule has 2 saturated heterocycles. The topological polar surface area (TPSA) is 103 Å². The van der Waals surface area contributed by atoms with E-state index >= 15 is 0 Å². The number of ether oxygens (including phenoxy) is 2. The fourth-order valence-electron chi connectivity index (χ4n) is 5.71. The van der Waals surface area contributed by atoms with E-state index in [0.29, 0.717) is 43.2 Å². The lowest BCUT2D eigenvalue weighted by atomic mass is 9.81. The minimum absolute atomic E-state index is 0.0110. The van der Waals surface area contributed by atoms with Crippen LogP contribution in [0, 0.1) is 5.92 Å². The molecule has 4 heterocycles. The molecule has 1 amide bonds. The lowest BCUT2D eigenvalue weighted by molar-refractivity contribution is -0.160. The molecule has 9 nitrogen and oxygen atoms in total. The molecule has 0 spiro atoms. The number of hydrogen-bond donors (Lipinski definition) is 2. The first-order valence-corrected chi connectivity index (χ1v) is 14.3. The van der Waals surface area contributed by atoms with Gasteiger partial charge in [-0.15, -0.1) is 0 Å². The summed E-state index contributed by atoms with van der Waals surface area (Å²) in [5, 5.41) is 9.44. The summed E-state index contributed by atoms with van der Waals surface area (Å²) < 4.78 is 54.9. The van der Waals surface area contributed by atoms with E-state index in [1.165, 1.54) is 9.24 Å². The second kappa shape index (κ2) is 11.2. The molecule has 0 bridgehead atoms. The predicted molar refractivity (Wildman–Crippen MR) is 141 cm³/mol. The summed E-state index contributed by atoms with van der Waals surface area (Å²) in [4.78, 5) is 22.2. The molecule has 210 valence electrons. The number of imidazole rings is 1. The highest BCUT2D eigenvalue weighted by Crippen LogP contribution is 2.43. The molecule has 2 aromatic rings. The molecule has 3 fully saturated rings. The standard InChI is InChI=1S/C24H35F3N6O3P2/c1-28-19(13-2-6-23(25,37)7-3-13)16-12-33-22(30-16)31-20(14-4-8-35-9-5-14)15(32-33)10-17-21(34)29-11-18(36-17)24(26,27)38/h12-14,17-19,28H,2-11,37-38H2,1H3,(H,29,34). The quantitative estimate of drug-likeness (QED) is 0.491. The van der Waals surface area contributed by atoms with Crippen LogP contribution in [0.5, 0.6) is 0 Å². The van der Waals surface area contributed by atoms with Crippen molar-refractivity contribution in [2.45, 2.75) is 80.2 Å². The fourth-order valence-corrected chi connectivity index (χ4v) is 6.24. The predicted octanol–water partition coefficient (Wildman–Crippen LogP) is 2.90. The van der Waals surface area contributed by atoms with Gasteiger partial charge in [-0.2, -0.15) is 13.9 Å². The number of rotatable bonds is 7. The van der Waals surface area contributed by atoms with E-state index in [1.807, 2.05) is 7.05 Å². The van der Waals surface area contributed by atoms with Gasteiger partial charge in [-0.3, -0.25) is 4.79 Å². The van der Waals surface area contributed by atoms with Crippen LogP contribution in [0.25, 0.3) is 5.78 Å². The van der Waals surface area contributed by atoms with Crippen molar-refractivity contribution in [3.8, 4) is 0 Å². The first kappa shape index (κ1) is 28.1. The Morgan fingerprint density at radius 3 is 2.63 bits per heavy atom. The summed E-state index contributed by atoms with van der Waals surface area (Å²) in [5.41, 5.74) is -1.20. The SMILES string of the molecule is CNC(c1cn2nc(CC3OC(C(F)(F)P)CNC3=O)c(C3CCOCC3)nc2n1)C1CCC(F)(P)CC1. The van der Waals surface area contributed by atoms with Crippen LogP contribution in [-0.4, -0.2) is 75.6 Å². The van der Waals surface area contributed by atoms with Gasteiger partial charge in [0.15, 0.2) is 0 Å². The molecule has 5 unspecified atom stereocenters. The zero-order chi connectivity index (χ0) is 27.1. The zero-order valence-electron chi connectivity index (χ0n) is 21.3. The molecule has 2 N–H and O–H groups in total. The third-order valence-electron chi connectivity index (χ3n) is 7.89. The Labute approximate surface area is 224 Å². The lowest BCUT2D eigenvalue weighted by Crippen LogP contribution is -2.54. The van der Waals surface area contributed by atoms with Crippen molar-refractivity contribution in [3.63, 3.8) is 0 Å². The van der Waals surface area contributed by atoms with Crippen molar-refractivity contribution in [2.75, 3.05) is 26.8 Å². The molecular formula is C24H35F3N6O3P2. The Kier molecular flexibility index (Phi) is 8.28. The molecule has 5 atom stereocenters. The number of nitrogens with one attached hydrogen (secondary N) is 2. The Morgan fingerprint density at radius 1 is 1.26 bits per heavy atom. The van der Waals surface area contributed by atoms with Gasteiger partial charge >= 0.3 is 0 Å². The van der Waals surface area contributed by atoms with Crippen LogP contribution in [0.15, 0.2) is 6.20 Å². The Bertz CT molecular complexity index is 1150. The second-order valence-corrected chi connectivity index (χ2v) is 12.4. The number of aromatic nitrogens is 4. The Hall–Kier alpha value is -1.45. The molecule has 0 radical (unpaired) electrons. The number of amides is 1. The maximum atomic E-state index is 14.4. The van der Waals surface area contributed by atoms with Gasteiger partial charge in [-0.25, -0.2) is 18.9 Å². The molecule has 1 saturated carbocycles. The molecule has 14 heteroatoms. The van der Waals surface area contributed by atoms with E-state index in [-0.39, 0.29) is 30.8 Å². The van der Waals surface area contributed by atoms with Crippen molar-refractivity contribution in [2.24, 2.45) is 5.92 Å². The number of halogens is 3. The van der Waals surface area contributed by atoms with Crippen molar-refractivity contribution in [3.05, 3.63) is 23.3 Å². The van der Waals surface area contributed by atoms with Crippen molar-refractivity contribution in [1.29, 1.82) is 0 Å². The third-order valence-corrected chi connectivity index (χ3v) is 8.84. The average Bonchev–Trinajstić information content (AvgIpc) is 3.28. The molecule has 2 aromatic heterocycles. The zero-order valence-corrected chi connectivity index (χ0v) is 23.6. The van der Waals surface area contributed by atoms with Crippen LogP contribution in [0.3, 0.4) is 0 Å². The average molecular weight is 575 g/mol. The summed E-state index contributed by atoms with van der Waals surface area (Å²) in [6.45, 7) is 0.891. The Balaban J connectivity index is 1.46. The monoisotopic (exact) mass is 574 g/mol. The highest BCUT2D eigenvalue weighted by atomic mass is 31.0. The summed E-state index contributed by atoms with van der Waals surface area (Å²) >= 11 is 0. The number of fused-ring (bicyclic) bond motifs is 1. The fraction of sp³-hybridized carbons (Fsp3) is 0.750. The van der Waals surface area contributed by atoms with Crippen LogP contribution in [0.2, 0.25) is 0 Å². The highest BCUT2D eigenvalue weighted by Gasteiger charge is 2.43. The highest BCUT2D eigenvalue weighted by molar-refractivity contribution is 7.18. The van der Waals surface area contributed by atoms with Gasteiger partial charge < -0.3 is 20.1 Å². The number of nitrogens with zero attached hydrogens (tertiary/aromatic N) is 4. The van der Waals surface area contributed by atoms with Crippen LogP contribution in [0.4, 0.5) is 13.2 Å². The van der Waals surface area contributed by atoms with E-state index in [9.17, 15) is 18.0 Å². The molecule has 1 aliphatic carbocycles. The minimum Gasteiger partial charge on any atom is -0.381 e. The number of carbonyl (C=O) groups is 1. The smallest absolute Gasteiger partial charge is 0.286 e. The number of hydrogen-bond acceptors (Lipinski definition) is 7. The van der Waals surface area contributed by atoms with Gasteiger partial charge in [-0.1, -0.05) is 18.5 Å². The normalized spacial score (nSPS) is 30.4. The van der Waals surface area contributed by atoms with Crippen LogP contribution in [0.1, 0.15) is 67.6 Å². The summed E-state index contributed by atoms with van der Waals surface area (Å²) in [5.74, 6) is 0.233. The third kappa shape index (κ3) is 6.15. The minimum atomic E-state index is -3.18. The van der Waals surface area contributed by atoms with E-state index in [2.05, 4.69) is 19.9 Å². The summed E-state index contributed by atoms with van der Waals surface area (Å²) in [7, 11) is 5.68. The van der Waals surface area contributed by atoms with Gasteiger partial charge in [0.05, 0.1) is 35.9 Å². The van der Waals surface area contributed by atoms with Gasteiger partial charge in [-0.05, 0) is 51.5 Å². The van der Waals surface area contributed by atoms with Crippen LogP contribution in [-0.2, 0) is 20.7 Å². The second-order valence-electron chi connectivity index (χ2n) is 10.6. The van der Waals surface area contributed by atoms with Crippen molar-refractivity contribution in [1.82, 2.24) is 30.2 Å². The maximum absolute atomic E-state index is 14.4. The molecular weight excluding hydrogens is 539 g/mol. The van der Waals surface area contributed by atoms with Crippen LogP contribution >= 0.6 is 18.5 Å². The van der Waals surface area contributed by atoms with Crippen LogP contribution < -0.4 is 10.6 Å². The lowest BCUT2D eigenvalue weighted by Gasteiger charge is -2.34. The van der Waals surface area contributed by atoms with Crippen molar-refractivity contribution < 1.29 is 27.4 Å². The molecule has 38 heavy (non-hydrogen) atoms. The number of alkyl halides is 3. The van der Waals surface area contributed by atoms with Gasteiger partial charge in [0.25, 0.3) is 11.4 Å². The van der Waals surface area contributed by atoms with E-state index in [0.717, 1.165) is 31.4 Å². The number of morpholine rings is 1. The van der Waals surface area contributed by atoms with Gasteiger partial charge in [0.1, 0.15) is 17.6 Å². The molecule has 0 aromatic carbocycles. The largest absolute Gasteiger partial charge is 0.381 e. The first-order chi connectivity index (χ1) is 18.0. The number of carbonyl (C=O) groups excluding carboxylic acids is 1. The maximum Gasteiger partial charge on any atom is 0.286 e. The first-order valence-electron chi connectivity index (χ1n) is 13.1. The van der Waals surface area contributed by atoms with Gasteiger partial charge in [0, 0.05) is 25.6 Å². The molecule has 2 aliphatic heterocycles.